The number of carbonyl (C=O) groups is 1. The SMILES string of the molecule is COC(=O)c1ccnc(OCC2CCCN2)c1. The van der Waals surface area contributed by atoms with Gasteiger partial charge in [-0.3, -0.25) is 0 Å². The Labute approximate surface area is 100 Å². The highest BCUT2D eigenvalue weighted by atomic mass is 16.5. The minimum Gasteiger partial charge on any atom is -0.476 e. The number of ether oxygens (including phenoxy) is 2. The molecule has 17 heavy (non-hydrogen) atoms. The molecule has 1 unspecified atom stereocenters. The van der Waals surface area contributed by atoms with Crippen LogP contribution in [0.1, 0.15) is 23.2 Å². The van der Waals surface area contributed by atoms with Crippen molar-refractivity contribution >= 4 is 5.97 Å². The Balaban J connectivity index is 1.93. The van der Waals surface area contributed by atoms with Crippen molar-refractivity contribution < 1.29 is 14.3 Å². The van der Waals surface area contributed by atoms with Crippen LogP contribution in [0.4, 0.5) is 0 Å². The predicted octanol–water partition coefficient (Wildman–Crippen LogP) is 0.999. The maximum absolute atomic E-state index is 11.3. The van der Waals surface area contributed by atoms with Gasteiger partial charge >= 0.3 is 5.97 Å². The van der Waals surface area contributed by atoms with E-state index in [1.807, 2.05) is 0 Å². The number of nitrogens with zero attached hydrogens (tertiary/aromatic N) is 1. The summed E-state index contributed by atoms with van der Waals surface area (Å²) in [6.07, 6.45) is 3.85. The molecule has 5 nitrogen and oxygen atoms in total. The van der Waals surface area contributed by atoms with Gasteiger partial charge in [-0.1, -0.05) is 0 Å². The van der Waals surface area contributed by atoms with Gasteiger partial charge in [-0.15, -0.1) is 0 Å². The smallest absolute Gasteiger partial charge is 0.338 e. The molecule has 0 aliphatic carbocycles. The molecule has 0 amide bonds. The second-order valence-corrected chi connectivity index (χ2v) is 3.98. The van der Waals surface area contributed by atoms with Crippen LogP contribution in [-0.2, 0) is 4.74 Å². The van der Waals surface area contributed by atoms with Crippen molar-refractivity contribution in [1.29, 1.82) is 0 Å². The zero-order chi connectivity index (χ0) is 12.1. The molecular formula is C12H16N2O3. The van der Waals surface area contributed by atoms with E-state index in [-0.39, 0.29) is 5.97 Å². The quantitative estimate of drug-likeness (QED) is 0.790. The van der Waals surface area contributed by atoms with Gasteiger partial charge in [0.05, 0.1) is 12.7 Å². The molecule has 1 aromatic heterocycles. The largest absolute Gasteiger partial charge is 0.476 e. The van der Waals surface area contributed by atoms with Gasteiger partial charge in [-0.2, -0.15) is 0 Å². The molecule has 0 saturated carbocycles. The van der Waals surface area contributed by atoms with Crippen LogP contribution in [0.25, 0.3) is 0 Å². The molecular weight excluding hydrogens is 220 g/mol. The molecule has 2 rings (SSSR count). The molecule has 2 heterocycles. The second kappa shape index (κ2) is 5.63. The Morgan fingerprint density at radius 1 is 1.65 bits per heavy atom. The van der Waals surface area contributed by atoms with Crippen LogP contribution in [0, 0.1) is 0 Å². The lowest BCUT2D eigenvalue weighted by Crippen LogP contribution is -2.28. The topological polar surface area (TPSA) is 60.5 Å². The van der Waals surface area contributed by atoms with Crippen LogP contribution in [0.15, 0.2) is 18.3 Å². The summed E-state index contributed by atoms with van der Waals surface area (Å²) in [7, 11) is 1.35. The van der Waals surface area contributed by atoms with Crippen molar-refractivity contribution in [3.05, 3.63) is 23.9 Å². The van der Waals surface area contributed by atoms with Crippen LogP contribution in [0.2, 0.25) is 0 Å². The van der Waals surface area contributed by atoms with Crippen molar-refractivity contribution in [1.82, 2.24) is 10.3 Å². The van der Waals surface area contributed by atoms with Crippen LogP contribution in [-0.4, -0.2) is 37.3 Å². The summed E-state index contributed by atoms with van der Waals surface area (Å²) in [6, 6.07) is 3.59. The summed E-state index contributed by atoms with van der Waals surface area (Å²) >= 11 is 0. The van der Waals surface area contributed by atoms with E-state index < -0.39 is 0 Å². The Kier molecular flexibility index (Phi) is 3.93. The van der Waals surface area contributed by atoms with E-state index in [0.717, 1.165) is 13.0 Å². The standard InChI is InChI=1S/C12H16N2O3/c1-16-12(15)9-4-6-14-11(7-9)17-8-10-3-2-5-13-10/h4,6-7,10,13H,2-3,5,8H2,1H3. The van der Waals surface area contributed by atoms with Gasteiger partial charge in [0.25, 0.3) is 0 Å². The Morgan fingerprint density at radius 3 is 3.24 bits per heavy atom. The predicted molar refractivity (Wildman–Crippen MR) is 62.1 cm³/mol. The van der Waals surface area contributed by atoms with E-state index in [2.05, 4.69) is 15.0 Å². The van der Waals surface area contributed by atoms with Gasteiger partial charge < -0.3 is 14.8 Å². The first-order chi connectivity index (χ1) is 8.29. The number of hydrogen-bond donors (Lipinski definition) is 1. The van der Waals surface area contributed by atoms with E-state index in [4.69, 9.17) is 4.74 Å². The third-order valence-corrected chi connectivity index (χ3v) is 2.75. The lowest BCUT2D eigenvalue weighted by atomic mass is 10.2. The Hall–Kier alpha value is -1.62. The second-order valence-electron chi connectivity index (χ2n) is 3.98. The van der Waals surface area contributed by atoms with Crippen LogP contribution in [0.3, 0.4) is 0 Å². The molecule has 1 aliphatic heterocycles. The normalized spacial score (nSPS) is 19.0. The zero-order valence-electron chi connectivity index (χ0n) is 9.81. The molecule has 1 atom stereocenters. The molecule has 1 aromatic rings. The maximum Gasteiger partial charge on any atom is 0.338 e. The van der Waals surface area contributed by atoms with E-state index in [9.17, 15) is 4.79 Å². The first-order valence-corrected chi connectivity index (χ1v) is 5.70. The van der Waals surface area contributed by atoms with E-state index >= 15 is 0 Å². The third-order valence-electron chi connectivity index (χ3n) is 2.75. The molecule has 0 spiro atoms. The van der Waals surface area contributed by atoms with Crippen LogP contribution < -0.4 is 10.1 Å². The number of methoxy groups -OCH3 is 1. The van der Waals surface area contributed by atoms with E-state index in [1.54, 1.807) is 18.3 Å². The van der Waals surface area contributed by atoms with E-state index in [1.165, 1.54) is 13.5 Å². The summed E-state index contributed by atoms with van der Waals surface area (Å²) in [5.41, 5.74) is 0.455. The van der Waals surface area contributed by atoms with Crippen molar-refractivity contribution in [2.45, 2.75) is 18.9 Å². The zero-order valence-corrected chi connectivity index (χ0v) is 9.81. The van der Waals surface area contributed by atoms with Crippen LogP contribution >= 0.6 is 0 Å². The number of aromatic nitrogens is 1. The summed E-state index contributed by atoms with van der Waals surface area (Å²) in [5.74, 6) is 0.0813. The fourth-order valence-corrected chi connectivity index (χ4v) is 1.82. The van der Waals surface area contributed by atoms with Crippen molar-refractivity contribution in [2.75, 3.05) is 20.3 Å². The fourth-order valence-electron chi connectivity index (χ4n) is 1.82. The average molecular weight is 236 g/mol. The van der Waals surface area contributed by atoms with E-state index in [0.29, 0.717) is 24.1 Å². The Bertz CT molecular complexity index is 389. The average Bonchev–Trinajstić information content (AvgIpc) is 2.89. The molecule has 1 fully saturated rings. The van der Waals surface area contributed by atoms with Crippen molar-refractivity contribution in [3.8, 4) is 5.88 Å². The minimum absolute atomic E-state index is 0.378. The molecule has 92 valence electrons. The summed E-state index contributed by atoms with van der Waals surface area (Å²) in [6.45, 7) is 1.63. The molecule has 0 bridgehead atoms. The van der Waals surface area contributed by atoms with Gasteiger partial charge in [0, 0.05) is 18.3 Å². The molecule has 1 aliphatic rings. The first kappa shape index (κ1) is 11.9. The highest BCUT2D eigenvalue weighted by Crippen LogP contribution is 2.12. The van der Waals surface area contributed by atoms with Gasteiger partial charge in [-0.25, -0.2) is 9.78 Å². The summed E-state index contributed by atoms with van der Waals surface area (Å²) in [5, 5.41) is 3.33. The number of rotatable bonds is 4. The van der Waals surface area contributed by atoms with Gasteiger partial charge in [0.2, 0.25) is 5.88 Å². The lowest BCUT2D eigenvalue weighted by Gasteiger charge is -2.11. The summed E-state index contributed by atoms with van der Waals surface area (Å²) < 4.78 is 10.2. The highest BCUT2D eigenvalue weighted by molar-refractivity contribution is 5.89. The van der Waals surface area contributed by atoms with Crippen molar-refractivity contribution in [3.63, 3.8) is 0 Å². The van der Waals surface area contributed by atoms with Gasteiger partial charge in [0.1, 0.15) is 6.61 Å². The fraction of sp³-hybridized carbons (Fsp3) is 0.500. The molecule has 5 heteroatoms. The van der Waals surface area contributed by atoms with Gasteiger partial charge in [-0.05, 0) is 25.5 Å². The molecule has 1 saturated heterocycles. The molecule has 0 radical (unpaired) electrons. The lowest BCUT2D eigenvalue weighted by molar-refractivity contribution is 0.0600. The summed E-state index contributed by atoms with van der Waals surface area (Å²) in [4.78, 5) is 15.4. The minimum atomic E-state index is -0.378. The number of hydrogen-bond acceptors (Lipinski definition) is 5. The van der Waals surface area contributed by atoms with Crippen LogP contribution in [0.5, 0.6) is 5.88 Å². The number of pyridine rings is 1. The Morgan fingerprint density at radius 2 is 2.53 bits per heavy atom. The van der Waals surface area contributed by atoms with Gasteiger partial charge in [0.15, 0.2) is 0 Å². The van der Waals surface area contributed by atoms with Crippen molar-refractivity contribution in [2.24, 2.45) is 0 Å². The number of carbonyl (C=O) groups excluding carboxylic acids is 1. The maximum atomic E-state index is 11.3. The third kappa shape index (κ3) is 3.17. The first-order valence-electron chi connectivity index (χ1n) is 5.70. The highest BCUT2D eigenvalue weighted by Gasteiger charge is 2.15. The molecule has 1 N–H and O–H groups in total. The number of esters is 1. The monoisotopic (exact) mass is 236 g/mol. The number of nitrogens with one attached hydrogen (secondary N) is 1. The molecule has 0 aromatic carbocycles.